The maximum Gasteiger partial charge on any atom is 0.131 e. The Morgan fingerprint density at radius 3 is 2.81 bits per heavy atom. The highest BCUT2D eigenvalue weighted by molar-refractivity contribution is 5.48. The Morgan fingerprint density at radius 2 is 2.10 bits per heavy atom. The number of hydrogen-bond donors (Lipinski definition) is 1. The molecule has 2 saturated heterocycles. The van der Waals surface area contributed by atoms with E-state index in [4.69, 9.17) is 10.7 Å². The standard InChI is InChI=1S/C17H28N4/c1-12-8-14(9-13(2)18)10-19-17(12)21-7-6-15-4-5-16(11-21)20(15)3/h8,10,13,15-16H,4-7,9,11,18H2,1-3H3. The summed E-state index contributed by atoms with van der Waals surface area (Å²) < 4.78 is 0. The number of nitrogens with zero attached hydrogens (tertiary/aromatic N) is 3. The molecule has 3 heterocycles. The topological polar surface area (TPSA) is 45.4 Å². The number of rotatable bonds is 3. The van der Waals surface area contributed by atoms with Crippen LogP contribution in [0.4, 0.5) is 5.82 Å². The summed E-state index contributed by atoms with van der Waals surface area (Å²) in [5.41, 5.74) is 8.42. The molecule has 1 aromatic heterocycles. The summed E-state index contributed by atoms with van der Waals surface area (Å²) >= 11 is 0. The number of anilines is 1. The fraction of sp³-hybridized carbons (Fsp3) is 0.706. The second-order valence-corrected chi connectivity index (χ2v) is 6.95. The van der Waals surface area contributed by atoms with Crippen molar-refractivity contribution in [2.45, 2.75) is 57.7 Å². The average molecular weight is 288 g/mol. The van der Waals surface area contributed by atoms with Crippen LogP contribution < -0.4 is 10.6 Å². The van der Waals surface area contributed by atoms with Gasteiger partial charge in [-0.2, -0.15) is 0 Å². The summed E-state index contributed by atoms with van der Waals surface area (Å²) in [4.78, 5) is 9.83. The van der Waals surface area contributed by atoms with Gasteiger partial charge in [-0.15, -0.1) is 0 Å². The van der Waals surface area contributed by atoms with E-state index in [1.807, 2.05) is 13.1 Å². The molecule has 2 fully saturated rings. The van der Waals surface area contributed by atoms with E-state index in [9.17, 15) is 0 Å². The van der Waals surface area contributed by atoms with E-state index in [0.717, 1.165) is 25.6 Å². The van der Waals surface area contributed by atoms with Gasteiger partial charge in [0.2, 0.25) is 0 Å². The van der Waals surface area contributed by atoms with Crippen LogP contribution in [0.25, 0.3) is 0 Å². The quantitative estimate of drug-likeness (QED) is 0.923. The Morgan fingerprint density at radius 1 is 1.33 bits per heavy atom. The summed E-state index contributed by atoms with van der Waals surface area (Å²) in [6.45, 7) is 6.48. The van der Waals surface area contributed by atoms with E-state index < -0.39 is 0 Å². The van der Waals surface area contributed by atoms with Crippen LogP contribution in [-0.4, -0.2) is 48.1 Å². The van der Waals surface area contributed by atoms with E-state index in [2.05, 4.69) is 29.8 Å². The largest absolute Gasteiger partial charge is 0.355 e. The smallest absolute Gasteiger partial charge is 0.131 e. The molecule has 2 aliphatic heterocycles. The van der Waals surface area contributed by atoms with Crippen molar-refractivity contribution < 1.29 is 0 Å². The van der Waals surface area contributed by atoms with Crippen molar-refractivity contribution in [1.29, 1.82) is 0 Å². The number of fused-ring (bicyclic) bond motifs is 2. The van der Waals surface area contributed by atoms with Crippen LogP contribution >= 0.6 is 0 Å². The van der Waals surface area contributed by atoms with Crippen molar-refractivity contribution in [1.82, 2.24) is 9.88 Å². The molecule has 3 rings (SSSR count). The Labute approximate surface area is 128 Å². The third-order valence-electron chi connectivity index (χ3n) is 5.11. The SMILES string of the molecule is Cc1cc(CC(C)N)cnc1N1CCC2CCC(C1)N2C. The van der Waals surface area contributed by atoms with Crippen LogP contribution in [0.5, 0.6) is 0 Å². The molecule has 21 heavy (non-hydrogen) atoms. The first kappa shape index (κ1) is 14.8. The molecule has 2 aliphatic rings. The number of hydrogen-bond acceptors (Lipinski definition) is 4. The highest BCUT2D eigenvalue weighted by atomic mass is 15.3. The van der Waals surface area contributed by atoms with E-state index in [-0.39, 0.29) is 6.04 Å². The van der Waals surface area contributed by atoms with Crippen molar-refractivity contribution in [3.8, 4) is 0 Å². The maximum absolute atomic E-state index is 5.89. The van der Waals surface area contributed by atoms with E-state index in [1.54, 1.807) is 0 Å². The molecule has 0 aliphatic carbocycles. The van der Waals surface area contributed by atoms with Crippen molar-refractivity contribution in [3.05, 3.63) is 23.4 Å². The Kier molecular flexibility index (Phi) is 4.18. The van der Waals surface area contributed by atoms with E-state index in [0.29, 0.717) is 6.04 Å². The van der Waals surface area contributed by atoms with Crippen molar-refractivity contribution in [3.63, 3.8) is 0 Å². The summed E-state index contributed by atoms with van der Waals surface area (Å²) in [5.74, 6) is 1.17. The van der Waals surface area contributed by atoms with Gasteiger partial charge in [0.15, 0.2) is 0 Å². The molecule has 3 unspecified atom stereocenters. The Hall–Kier alpha value is -1.13. The fourth-order valence-electron chi connectivity index (χ4n) is 3.94. The lowest BCUT2D eigenvalue weighted by atomic mass is 10.1. The number of nitrogens with two attached hydrogens (primary N) is 1. The average Bonchev–Trinajstić information content (AvgIpc) is 2.64. The first-order valence-electron chi connectivity index (χ1n) is 8.22. The summed E-state index contributed by atoms with van der Waals surface area (Å²) in [6, 6.07) is 3.93. The van der Waals surface area contributed by atoms with Crippen LogP contribution in [0.2, 0.25) is 0 Å². The van der Waals surface area contributed by atoms with Crippen LogP contribution in [-0.2, 0) is 6.42 Å². The molecule has 0 amide bonds. The summed E-state index contributed by atoms with van der Waals surface area (Å²) in [5, 5.41) is 0. The monoisotopic (exact) mass is 288 g/mol. The molecule has 116 valence electrons. The second kappa shape index (κ2) is 5.93. The predicted molar refractivity (Wildman–Crippen MR) is 87.7 cm³/mol. The van der Waals surface area contributed by atoms with Gasteiger partial charge < -0.3 is 10.6 Å². The van der Waals surface area contributed by atoms with Crippen LogP contribution in [0.1, 0.15) is 37.3 Å². The molecular formula is C17H28N4. The molecule has 3 atom stereocenters. The van der Waals surface area contributed by atoms with Gasteiger partial charge in [-0.3, -0.25) is 4.90 Å². The van der Waals surface area contributed by atoms with Gasteiger partial charge >= 0.3 is 0 Å². The molecular weight excluding hydrogens is 260 g/mol. The normalized spacial score (nSPS) is 27.7. The van der Waals surface area contributed by atoms with Crippen molar-refractivity contribution in [2.24, 2.45) is 5.73 Å². The van der Waals surface area contributed by atoms with Gasteiger partial charge in [-0.05, 0) is 57.7 Å². The first-order valence-corrected chi connectivity index (χ1v) is 8.22. The zero-order chi connectivity index (χ0) is 15.0. The number of aryl methyl sites for hydroxylation is 1. The molecule has 0 saturated carbocycles. The highest BCUT2D eigenvalue weighted by Crippen LogP contribution is 2.31. The molecule has 1 aromatic rings. The lowest BCUT2D eigenvalue weighted by molar-refractivity contribution is 0.254. The van der Waals surface area contributed by atoms with Gasteiger partial charge in [0, 0.05) is 37.4 Å². The van der Waals surface area contributed by atoms with Gasteiger partial charge in [0.25, 0.3) is 0 Å². The molecule has 4 nitrogen and oxygen atoms in total. The molecule has 0 aromatic carbocycles. The van der Waals surface area contributed by atoms with Crippen LogP contribution in [0, 0.1) is 6.92 Å². The fourth-order valence-corrected chi connectivity index (χ4v) is 3.94. The van der Waals surface area contributed by atoms with Gasteiger partial charge in [0.05, 0.1) is 0 Å². The minimum absolute atomic E-state index is 0.194. The highest BCUT2D eigenvalue weighted by Gasteiger charge is 2.35. The minimum Gasteiger partial charge on any atom is -0.355 e. The third-order valence-corrected chi connectivity index (χ3v) is 5.11. The lowest BCUT2D eigenvalue weighted by Gasteiger charge is -2.28. The summed E-state index contributed by atoms with van der Waals surface area (Å²) in [6.07, 6.45) is 6.88. The molecule has 0 spiro atoms. The van der Waals surface area contributed by atoms with E-state index >= 15 is 0 Å². The first-order chi connectivity index (χ1) is 10.0. The lowest BCUT2D eigenvalue weighted by Crippen LogP contribution is -2.37. The number of pyridine rings is 1. The van der Waals surface area contributed by atoms with Crippen molar-refractivity contribution in [2.75, 3.05) is 25.0 Å². The third kappa shape index (κ3) is 3.06. The Balaban J connectivity index is 1.77. The van der Waals surface area contributed by atoms with Gasteiger partial charge in [-0.1, -0.05) is 6.07 Å². The zero-order valence-corrected chi connectivity index (χ0v) is 13.5. The molecule has 4 heteroatoms. The van der Waals surface area contributed by atoms with Crippen LogP contribution in [0.15, 0.2) is 12.3 Å². The van der Waals surface area contributed by atoms with E-state index in [1.165, 1.54) is 36.2 Å². The van der Waals surface area contributed by atoms with Gasteiger partial charge in [0.1, 0.15) is 5.82 Å². The molecule has 0 radical (unpaired) electrons. The maximum atomic E-state index is 5.89. The number of likely N-dealkylation sites (N-methyl/N-ethyl adjacent to an activating group) is 1. The van der Waals surface area contributed by atoms with Gasteiger partial charge in [-0.25, -0.2) is 4.98 Å². The molecule has 2 bridgehead atoms. The zero-order valence-electron chi connectivity index (χ0n) is 13.5. The van der Waals surface area contributed by atoms with Crippen molar-refractivity contribution >= 4 is 5.82 Å². The second-order valence-electron chi connectivity index (χ2n) is 6.95. The number of aromatic nitrogens is 1. The summed E-state index contributed by atoms with van der Waals surface area (Å²) in [7, 11) is 2.29. The predicted octanol–water partition coefficient (Wildman–Crippen LogP) is 1.95. The Bertz CT molecular complexity index is 500. The van der Waals surface area contributed by atoms with Crippen LogP contribution in [0.3, 0.4) is 0 Å². The molecule has 2 N–H and O–H groups in total. The minimum atomic E-state index is 0.194.